The fourth-order valence-electron chi connectivity index (χ4n) is 0.711. The molecule has 11 heavy (non-hydrogen) atoms. The molecule has 0 aromatic heterocycles. The van der Waals surface area contributed by atoms with Crippen LogP contribution in [0.1, 0.15) is 0 Å². The van der Waals surface area contributed by atoms with E-state index in [2.05, 4.69) is 4.99 Å². The minimum Gasteiger partial charge on any atom is -0.423 e. The van der Waals surface area contributed by atoms with Gasteiger partial charge in [-0.25, -0.2) is 5.06 Å². The van der Waals surface area contributed by atoms with Gasteiger partial charge in [-0.2, -0.15) is 0 Å². The first-order valence-electron chi connectivity index (χ1n) is 3.12. The average molecular weight is 156 g/mol. The Hall–Kier alpha value is -0.845. The Kier molecular flexibility index (Phi) is 2.64. The Morgan fingerprint density at radius 3 is 3.00 bits per heavy atom. The maximum atomic E-state index is 8.70. The molecule has 0 aromatic rings. The van der Waals surface area contributed by atoms with Crippen LogP contribution in [-0.4, -0.2) is 42.2 Å². The number of aliphatic imine (C=N–C) groups is 1. The van der Waals surface area contributed by atoms with Gasteiger partial charge in [0.25, 0.3) is 0 Å². The third-order valence-electron chi connectivity index (χ3n) is 1.29. The normalized spacial score (nSPS) is 16.6. The minimum absolute atomic E-state index is 0.318. The Labute approximate surface area is 64.7 Å². The van der Waals surface area contributed by atoms with E-state index in [-0.39, 0.29) is 0 Å². The third kappa shape index (κ3) is 2.04. The highest BCUT2D eigenvalue weighted by Gasteiger charge is 2.16. The number of rotatable bonds is 2. The SMILES string of the molecule is CON1C=C(B(O)O)C=NC1. The van der Waals surface area contributed by atoms with Crippen molar-refractivity contribution in [2.75, 3.05) is 13.8 Å². The van der Waals surface area contributed by atoms with Crippen molar-refractivity contribution in [2.45, 2.75) is 0 Å². The summed E-state index contributed by atoms with van der Waals surface area (Å²) in [5.74, 6) is 0. The first kappa shape index (κ1) is 8.25. The zero-order valence-electron chi connectivity index (χ0n) is 6.14. The number of hydrogen-bond acceptors (Lipinski definition) is 5. The lowest BCUT2D eigenvalue weighted by molar-refractivity contribution is -0.0862. The molecule has 1 rings (SSSR count). The van der Waals surface area contributed by atoms with Gasteiger partial charge in [-0.05, 0) is 0 Å². The summed E-state index contributed by atoms with van der Waals surface area (Å²) in [4.78, 5) is 8.61. The lowest BCUT2D eigenvalue weighted by Crippen LogP contribution is -2.26. The Bertz CT molecular complexity index is 192. The van der Waals surface area contributed by atoms with E-state index in [1.54, 1.807) is 0 Å². The van der Waals surface area contributed by atoms with Gasteiger partial charge >= 0.3 is 7.12 Å². The summed E-state index contributed by atoms with van der Waals surface area (Å²) in [6.45, 7) is 0.382. The quantitative estimate of drug-likeness (QED) is 0.492. The van der Waals surface area contributed by atoms with Crippen LogP contribution >= 0.6 is 0 Å². The van der Waals surface area contributed by atoms with Gasteiger partial charge in [-0.3, -0.25) is 9.83 Å². The van der Waals surface area contributed by atoms with Gasteiger partial charge in [0, 0.05) is 17.9 Å². The second-order valence-corrected chi connectivity index (χ2v) is 2.06. The fourth-order valence-corrected chi connectivity index (χ4v) is 0.711. The summed E-state index contributed by atoms with van der Waals surface area (Å²) >= 11 is 0. The van der Waals surface area contributed by atoms with Crippen molar-refractivity contribution in [2.24, 2.45) is 4.99 Å². The highest BCUT2D eigenvalue weighted by molar-refractivity contribution is 6.57. The molecule has 0 fully saturated rings. The zero-order chi connectivity index (χ0) is 8.27. The van der Waals surface area contributed by atoms with E-state index >= 15 is 0 Å². The Morgan fingerprint density at radius 2 is 2.45 bits per heavy atom. The molecule has 0 amide bonds. The lowest BCUT2D eigenvalue weighted by atomic mass is 9.80. The van der Waals surface area contributed by atoms with Crippen LogP contribution in [0.15, 0.2) is 16.7 Å². The molecule has 2 N–H and O–H groups in total. The molecular weight excluding hydrogens is 147 g/mol. The smallest absolute Gasteiger partial charge is 0.423 e. The molecule has 1 aliphatic heterocycles. The highest BCUT2D eigenvalue weighted by Crippen LogP contribution is 2.03. The van der Waals surface area contributed by atoms with Crippen molar-refractivity contribution in [3.63, 3.8) is 0 Å². The molecule has 0 bridgehead atoms. The van der Waals surface area contributed by atoms with E-state index in [0.717, 1.165) is 0 Å². The number of nitrogens with zero attached hydrogens (tertiary/aromatic N) is 2. The maximum Gasteiger partial charge on any atom is 0.491 e. The summed E-state index contributed by atoms with van der Waals surface area (Å²) in [6.07, 6.45) is 2.89. The molecule has 6 heteroatoms. The van der Waals surface area contributed by atoms with Gasteiger partial charge in [0.05, 0.1) is 7.11 Å². The first-order chi connectivity index (χ1) is 5.24. The zero-order valence-corrected chi connectivity index (χ0v) is 6.14. The van der Waals surface area contributed by atoms with E-state index in [1.807, 2.05) is 0 Å². The standard InChI is InChI=1S/C5H9BN2O3/c1-11-8-3-5(6(9)10)2-7-4-8/h2-3,9-10H,4H2,1H3. The van der Waals surface area contributed by atoms with E-state index < -0.39 is 7.12 Å². The van der Waals surface area contributed by atoms with Gasteiger partial charge < -0.3 is 10.0 Å². The molecule has 0 unspecified atom stereocenters. The van der Waals surface area contributed by atoms with Crippen LogP contribution in [0, 0.1) is 0 Å². The van der Waals surface area contributed by atoms with Crippen molar-refractivity contribution < 1.29 is 14.9 Å². The first-order valence-corrected chi connectivity index (χ1v) is 3.12. The molecule has 0 aromatic carbocycles. The molecule has 0 saturated heterocycles. The fraction of sp³-hybridized carbons (Fsp3) is 0.400. The van der Waals surface area contributed by atoms with Gasteiger partial charge in [0.1, 0.15) is 6.67 Å². The van der Waals surface area contributed by atoms with Crippen LogP contribution in [-0.2, 0) is 4.84 Å². The predicted molar refractivity (Wildman–Crippen MR) is 40.5 cm³/mol. The van der Waals surface area contributed by atoms with Gasteiger partial charge in [-0.1, -0.05) is 0 Å². The van der Waals surface area contributed by atoms with Crippen LogP contribution in [0.2, 0.25) is 0 Å². The van der Waals surface area contributed by atoms with Gasteiger partial charge in [0.15, 0.2) is 0 Å². The molecule has 0 saturated carbocycles. The monoisotopic (exact) mass is 156 g/mol. The van der Waals surface area contributed by atoms with Crippen LogP contribution in [0.5, 0.6) is 0 Å². The van der Waals surface area contributed by atoms with Crippen LogP contribution in [0.25, 0.3) is 0 Å². The maximum absolute atomic E-state index is 8.70. The van der Waals surface area contributed by atoms with E-state index in [9.17, 15) is 0 Å². The topological polar surface area (TPSA) is 65.3 Å². The highest BCUT2D eigenvalue weighted by atomic mass is 16.7. The van der Waals surface area contributed by atoms with Crippen molar-refractivity contribution in [3.8, 4) is 0 Å². The minimum atomic E-state index is -1.49. The second-order valence-electron chi connectivity index (χ2n) is 2.06. The van der Waals surface area contributed by atoms with Gasteiger partial charge in [-0.15, -0.1) is 0 Å². The number of allylic oxidation sites excluding steroid dienone is 1. The predicted octanol–water partition coefficient (Wildman–Crippen LogP) is -1.21. The molecule has 1 heterocycles. The van der Waals surface area contributed by atoms with Crippen molar-refractivity contribution in [1.82, 2.24) is 5.06 Å². The molecule has 0 atom stereocenters. The molecule has 60 valence electrons. The van der Waals surface area contributed by atoms with Crippen molar-refractivity contribution in [3.05, 3.63) is 11.7 Å². The van der Waals surface area contributed by atoms with Crippen LogP contribution < -0.4 is 0 Å². The Balaban J connectivity index is 2.64. The van der Waals surface area contributed by atoms with Crippen LogP contribution in [0.3, 0.4) is 0 Å². The summed E-state index contributed by atoms with van der Waals surface area (Å²) in [6, 6.07) is 0. The summed E-state index contributed by atoms with van der Waals surface area (Å²) in [5.41, 5.74) is 0.318. The van der Waals surface area contributed by atoms with E-state index in [4.69, 9.17) is 14.9 Å². The lowest BCUT2D eigenvalue weighted by Gasteiger charge is -2.18. The van der Waals surface area contributed by atoms with E-state index in [1.165, 1.54) is 24.6 Å². The average Bonchev–Trinajstić information content (AvgIpc) is 2.05. The molecular formula is C5H9BN2O3. The Morgan fingerprint density at radius 1 is 1.73 bits per heavy atom. The van der Waals surface area contributed by atoms with Crippen molar-refractivity contribution >= 4 is 13.3 Å². The second kappa shape index (κ2) is 3.52. The van der Waals surface area contributed by atoms with E-state index in [0.29, 0.717) is 12.1 Å². The molecule has 0 spiro atoms. The van der Waals surface area contributed by atoms with Gasteiger partial charge in [0.2, 0.25) is 0 Å². The number of hydrogen-bond donors (Lipinski definition) is 2. The largest absolute Gasteiger partial charge is 0.491 e. The van der Waals surface area contributed by atoms with Crippen LogP contribution in [0.4, 0.5) is 0 Å². The molecule has 0 aliphatic carbocycles. The van der Waals surface area contributed by atoms with Crippen molar-refractivity contribution in [1.29, 1.82) is 0 Å². The molecule has 1 aliphatic rings. The summed E-state index contributed by atoms with van der Waals surface area (Å²) in [7, 11) is -0.00433. The number of hydroxylamine groups is 2. The molecule has 0 radical (unpaired) electrons. The summed E-state index contributed by atoms with van der Waals surface area (Å²) in [5, 5.41) is 18.8. The third-order valence-corrected chi connectivity index (χ3v) is 1.29. The summed E-state index contributed by atoms with van der Waals surface area (Å²) < 4.78 is 0. The molecule has 5 nitrogen and oxygen atoms in total.